The molecule has 7 nitrogen and oxygen atoms in total. The second kappa shape index (κ2) is 11.7. The maximum Gasteiger partial charge on any atom is 0.317 e. The smallest absolute Gasteiger partial charge is 0.317 e. The molecule has 1 aliphatic rings. The van der Waals surface area contributed by atoms with E-state index in [0.717, 1.165) is 43.2 Å². The zero-order chi connectivity index (χ0) is 21.2. The van der Waals surface area contributed by atoms with Crippen molar-refractivity contribution in [1.82, 2.24) is 20.1 Å². The normalized spacial score (nSPS) is 14.9. The number of halogens is 1. The first-order chi connectivity index (χ1) is 14.7. The van der Waals surface area contributed by atoms with E-state index < -0.39 is 0 Å². The molecule has 1 fully saturated rings. The number of hydrogen-bond acceptors (Lipinski definition) is 5. The molecular weight excluding hydrogens is 404 g/mol. The quantitative estimate of drug-likeness (QED) is 0.649. The number of amides is 2. The molecule has 2 amide bonds. The highest BCUT2D eigenvalue weighted by Gasteiger charge is 2.19. The van der Waals surface area contributed by atoms with Crippen LogP contribution in [0.15, 0.2) is 42.6 Å². The van der Waals surface area contributed by atoms with Crippen LogP contribution in [0, 0.1) is 0 Å². The van der Waals surface area contributed by atoms with E-state index in [1.54, 1.807) is 13.3 Å². The molecular formula is C22H29ClN4O3. The number of benzene rings is 1. The summed E-state index contributed by atoms with van der Waals surface area (Å²) >= 11 is 5.97. The van der Waals surface area contributed by atoms with Gasteiger partial charge in [-0.2, -0.15) is 0 Å². The molecule has 2 heterocycles. The number of nitrogens with zero attached hydrogens (tertiary/aromatic N) is 3. The van der Waals surface area contributed by atoms with E-state index in [1.165, 1.54) is 5.56 Å². The van der Waals surface area contributed by atoms with Crippen LogP contribution in [-0.4, -0.2) is 67.3 Å². The van der Waals surface area contributed by atoms with Gasteiger partial charge in [-0.1, -0.05) is 29.8 Å². The van der Waals surface area contributed by atoms with Crippen molar-refractivity contribution in [2.75, 3.05) is 46.5 Å². The molecule has 0 bridgehead atoms. The minimum atomic E-state index is -0.0602. The van der Waals surface area contributed by atoms with Gasteiger partial charge < -0.3 is 19.7 Å². The highest BCUT2D eigenvalue weighted by atomic mass is 35.5. The Hall–Kier alpha value is -2.35. The SMILES string of the molecule is COCCOc1ncccc1CNC(=O)N1CCCN(Cc2ccc(Cl)cc2)CC1. The van der Waals surface area contributed by atoms with Crippen molar-refractivity contribution in [3.05, 3.63) is 58.7 Å². The van der Waals surface area contributed by atoms with E-state index in [-0.39, 0.29) is 6.03 Å². The summed E-state index contributed by atoms with van der Waals surface area (Å²) in [5, 5.41) is 3.75. The molecule has 0 saturated carbocycles. The van der Waals surface area contributed by atoms with E-state index in [0.29, 0.717) is 32.2 Å². The van der Waals surface area contributed by atoms with Crippen LogP contribution in [0.2, 0.25) is 5.02 Å². The number of nitrogens with one attached hydrogen (secondary N) is 1. The van der Waals surface area contributed by atoms with Crippen LogP contribution in [0.25, 0.3) is 0 Å². The summed E-state index contributed by atoms with van der Waals surface area (Å²) < 4.78 is 10.6. The molecule has 1 saturated heterocycles. The lowest BCUT2D eigenvalue weighted by Crippen LogP contribution is -2.41. The van der Waals surface area contributed by atoms with Gasteiger partial charge in [-0.15, -0.1) is 0 Å². The second-order valence-electron chi connectivity index (χ2n) is 7.21. The zero-order valence-electron chi connectivity index (χ0n) is 17.3. The fourth-order valence-electron chi connectivity index (χ4n) is 3.37. The maximum atomic E-state index is 12.7. The van der Waals surface area contributed by atoms with Gasteiger partial charge in [-0.3, -0.25) is 4.90 Å². The van der Waals surface area contributed by atoms with E-state index in [4.69, 9.17) is 21.1 Å². The molecule has 162 valence electrons. The third-order valence-corrected chi connectivity index (χ3v) is 5.25. The minimum absolute atomic E-state index is 0.0602. The number of carbonyl (C=O) groups excluding carboxylic acids is 1. The van der Waals surface area contributed by atoms with Crippen LogP contribution in [0.1, 0.15) is 17.5 Å². The molecule has 2 aromatic rings. The van der Waals surface area contributed by atoms with Crippen molar-refractivity contribution in [2.24, 2.45) is 0 Å². The van der Waals surface area contributed by atoms with Gasteiger partial charge >= 0.3 is 6.03 Å². The first-order valence-electron chi connectivity index (χ1n) is 10.2. The summed E-state index contributed by atoms with van der Waals surface area (Å²) in [7, 11) is 1.63. The number of aromatic nitrogens is 1. The Kier molecular flexibility index (Phi) is 8.74. The number of methoxy groups -OCH3 is 1. The largest absolute Gasteiger partial charge is 0.475 e. The monoisotopic (exact) mass is 432 g/mol. The van der Waals surface area contributed by atoms with Crippen LogP contribution in [0.4, 0.5) is 4.79 Å². The van der Waals surface area contributed by atoms with Gasteiger partial charge in [0.05, 0.1) is 6.61 Å². The van der Waals surface area contributed by atoms with E-state index >= 15 is 0 Å². The first kappa shape index (κ1) is 22.3. The molecule has 0 spiro atoms. The highest BCUT2D eigenvalue weighted by molar-refractivity contribution is 6.30. The first-order valence-corrected chi connectivity index (χ1v) is 10.6. The summed E-state index contributed by atoms with van der Waals surface area (Å²) in [4.78, 5) is 21.2. The number of pyridine rings is 1. The molecule has 1 aromatic heterocycles. The number of rotatable bonds is 8. The number of carbonyl (C=O) groups is 1. The van der Waals surface area contributed by atoms with Crippen LogP contribution in [0.3, 0.4) is 0 Å². The molecule has 1 N–H and O–H groups in total. The van der Waals surface area contributed by atoms with Gasteiger partial charge in [-0.05, 0) is 30.2 Å². The number of urea groups is 1. The highest BCUT2D eigenvalue weighted by Crippen LogP contribution is 2.15. The van der Waals surface area contributed by atoms with Crippen molar-refractivity contribution in [3.63, 3.8) is 0 Å². The van der Waals surface area contributed by atoms with Gasteiger partial charge in [-0.25, -0.2) is 9.78 Å². The van der Waals surface area contributed by atoms with Crippen molar-refractivity contribution in [2.45, 2.75) is 19.5 Å². The molecule has 0 aliphatic carbocycles. The Balaban J connectivity index is 1.47. The van der Waals surface area contributed by atoms with Crippen molar-refractivity contribution >= 4 is 17.6 Å². The Morgan fingerprint density at radius 1 is 1.13 bits per heavy atom. The van der Waals surface area contributed by atoms with Crippen LogP contribution in [0.5, 0.6) is 5.88 Å². The van der Waals surface area contributed by atoms with Crippen LogP contribution < -0.4 is 10.1 Å². The lowest BCUT2D eigenvalue weighted by atomic mass is 10.2. The topological polar surface area (TPSA) is 66.9 Å². The lowest BCUT2D eigenvalue weighted by Gasteiger charge is -2.22. The third kappa shape index (κ3) is 6.86. The van der Waals surface area contributed by atoms with E-state index in [1.807, 2.05) is 29.2 Å². The summed E-state index contributed by atoms with van der Waals surface area (Å²) in [6.45, 7) is 5.40. The summed E-state index contributed by atoms with van der Waals surface area (Å²) in [5.41, 5.74) is 2.08. The average molecular weight is 433 g/mol. The Bertz CT molecular complexity index is 803. The second-order valence-corrected chi connectivity index (χ2v) is 7.65. The summed E-state index contributed by atoms with van der Waals surface area (Å²) in [6, 6.07) is 11.6. The number of hydrogen-bond donors (Lipinski definition) is 1. The molecule has 30 heavy (non-hydrogen) atoms. The molecule has 1 aromatic carbocycles. The molecule has 0 unspecified atom stereocenters. The average Bonchev–Trinajstić information content (AvgIpc) is 3.00. The van der Waals surface area contributed by atoms with Gasteiger partial charge in [0.25, 0.3) is 0 Å². The van der Waals surface area contributed by atoms with Gasteiger partial charge in [0.2, 0.25) is 5.88 Å². The molecule has 0 atom stereocenters. The maximum absolute atomic E-state index is 12.7. The fraction of sp³-hybridized carbons (Fsp3) is 0.455. The van der Waals surface area contributed by atoms with E-state index in [2.05, 4.69) is 27.3 Å². The van der Waals surface area contributed by atoms with Crippen molar-refractivity contribution in [1.29, 1.82) is 0 Å². The Morgan fingerprint density at radius 2 is 1.97 bits per heavy atom. The molecule has 0 radical (unpaired) electrons. The third-order valence-electron chi connectivity index (χ3n) is 5.00. The van der Waals surface area contributed by atoms with Gasteiger partial charge in [0.15, 0.2) is 0 Å². The zero-order valence-corrected chi connectivity index (χ0v) is 18.1. The van der Waals surface area contributed by atoms with Gasteiger partial charge in [0, 0.05) is 63.2 Å². The van der Waals surface area contributed by atoms with Crippen molar-refractivity contribution in [3.8, 4) is 5.88 Å². The molecule has 3 rings (SSSR count). The Labute approximate surface area is 182 Å². The van der Waals surface area contributed by atoms with Crippen molar-refractivity contribution < 1.29 is 14.3 Å². The predicted molar refractivity (Wildman–Crippen MR) is 117 cm³/mol. The minimum Gasteiger partial charge on any atom is -0.475 e. The summed E-state index contributed by atoms with van der Waals surface area (Å²) in [5.74, 6) is 0.528. The van der Waals surface area contributed by atoms with Crippen LogP contribution >= 0.6 is 11.6 Å². The number of ether oxygens (including phenoxy) is 2. The standard InChI is InChI=1S/C22H29ClN4O3/c1-29-14-15-30-21-19(4-2-9-24-21)16-25-22(28)27-11-3-10-26(12-13-27)17-18-5-7-20(23)8-6-18/h2,4-9H,3,10-17H2,1H3,(H,25,28). The van der Waals surface area contributed by atoms with Crippen LogP contribution in [-0.2, 0) is 17.8 Å². The summed E-state index contributed by atoms with van der Waals surface area (Å²) in [6.07, 6.45) is 2.62. The molecule has 8 heteroatoms. The van der Waals surface area contributed by atoms with Gasteiger partial charge in [0.1, 0.15) is 6.61 Å². The fourth-order valence-corrected chi connectivity index (χ4v) is 3.50. The predicted octanol–water partition coefficient (Wildman–Crippen LogP) is 3.18. The Morgan fingerprint density at radius 3 is 2.77 bits per heavy atom. The van der Waals surface area contributed by atoms with E-state index in [9.17, 15) is 4.79 Å². The lowest BCUT2D eigenvalue weighted by molar-refractivity contribution is 0.143. The molecule has 1 aliphatic heterocycles.